The van der Waals surface area contributed by atoms with Crippen molar-refractivity contribution in [3.8, 4) is 17.1 Å². The van der Waals surface area contributed by atoms with Crippen LogP contribution in [0.1, 0.15) is 31.4 Å². The maximum atomic E-state index is 13.7. The first-order valence-electron chi connectivity index (χ1n) is 7.80. The molecule has 0 radical (unpaired) electrons. The lowest BCUT2D eigenvalue weighted by atomic mass is 10.0. The van der Waals surface area contributed by atoms with Gasteiger partial charge in [-0.3, -0.25) is 4.98 Å². The zero-order valence-corrected chi connectivity index (χ0v) is 13.1. The van der Waals surface area contributed by atoms with Crippen LogP contribution in [-0.2, 0) is 0 Å². The van der Waals surface area contributed by atoms with Crippen molar-refractivity contribution in [2.45, 2.75) is 25.7 Å². The molecule has 0 atom stereocenters. The van der Waals surface area contributed by atoms with Gasteiger partial charge >= 0.3 is 5.69 Å². The van der Waals surface area contributed by atoms with Gasteiger partial charge in [-0.05, 0) is 37.5 Å². The lowest BCUT2D eigenvalue weighted by Crippen LogP contribution is -2.19. The average Bonchev–Trinajstić information content (AvgIpc) is 3.33. The number of ether oxygens (including phenoxy) is 1. The van der Waals surface area contributed by atoms with Gasteiger partial charge in [0.1, 0.15) is 0 Å². The lowest BCUT2D eigenvalue weighted by molar-refractivity contribution is 0.310. The molecule has 0 amide bonds. The largest absolute Gasteiger partial charge is 0.465 e. The predicted molar refractivity (Wildman–Crippen MR) is 82.1 cm³/mol. The molecule has 1 saturated carbocycles. The second kappa shape index (κ2) is 5.61. The molecular weight excluding hydrogens is 337 g/mol. The van der Waals surface area contributed by atoms with E-state index in [-0.39, 0.29) is 29.7 Å². The number of fused-ring (bicyclic) bond motifs is 1. The molecule has 1 N–H and O–H groups in total. The van der Waals surface area contributed by atoms with Gasteiger partial charge in [0.25, 0.3) is 6.01 Å². The third-order valence-electron chi connectivity index (χ3n) is 4.02. The van der Waals surface area contributed by atoms with Crippen molar-refractivity contribution in [2.24, 2.45) is 0 Å². The first-order chi connectivity index (χ1) is 12.0. The Morgan fingerprint density at radius 1 is 1.28 bits per heavy atom. The quantitative estimate of drug-likeness (QED) is 0.735. The first-order valence-corrected chi connectivity index (χ1v) is 7.80. The monoisotopic (exact) mass is 350 g/mol. The Morgan fingerprint density at radius 2 is 1.96 bits per heavy atom. The Bertz CT molecular complexity index is 1020. The van der Waals surface area contributed by atoms with E-state index in [2.05, 4.69) is 15.1 Å². The summed E-state index contributed by atoms with van der Waals surface area (Å²) in [7, 11) is 0. The minimum absolute atomic E-state index is 0.0217. The number of nitrogens with one attached hydrogen (secondary N) is 1. The SMILES string of the molecule is CCOc1nc2c(-c3cc(F)c(F)c(F)c3)c(C3CC3)nn2c(=O)[nH]1. The molecule has 1 aliphatic carbocycles. The highest BCUT2D eigenvalue weighted by molar-refractivity contribution is 5.80. The molecule has 4 rings (SSSR count). The van der Waals surface area contributed by atoms with Crippen molar-refractivity contribution < 1.29 is 17.9 Å². The predicted octanol–water partition coefficient (Wildman–Crippen LogP) is 2.78. The molecule has 1 aliphatic rings. The summed E-state index contributed by atoms with van der Waals surface area (Å²) >= 11 is 0. The second-order valence-electron chi connectivity index (χ2n) is 5.80. The zero-order chi connectivity index (χ0) is 17.7. The summed E-state index contributed by atoms with van der Waals surface area (Å²) in [5.41, 5.74) is 0.433. The summed E-state index contributed by atoms with van der Waals surface area (Å²) in [6.07, 6.45) is 1.69. The van der Waals surface area contributed by atoms with Crippen molar-refractivity contribution in [2.75, 3.05) is 6.61 Å². The number of benzene rings is 1. The van der Waals surface area contributed by atoms with Gasteiger partial charge in [-0.1, -0.05) is 0 Å². The minimum Gasteiger partial charge on any atom is -0.465 e. The van der Waals surface area contributed by atoms with Crippen LogP contribution < -0.4 is 10.4 Å². The molecule has 0 spiro atoms. The summed E-state index contributed by atoms with van der Waals surface area (Å²) in [6.45, 7) is 2.00. The summed E-state index contributed by atoms with van der Waals surface area (Å²) in [4.78, 5) is 18.9. The minimum atomic E-state index is -1.55. The van der Waals surface area contributed by atoms with Crippen molar-refractivity contribution >= 4 is 5.65 Å². The fourth-order valence-electron chi connectivity index (χ4n) is 2.76. The fraction of sp³-hybridized carbons (Fsp3) is 0.312. The number of aromatic amines is 1. The number of halogens is 3. The second-order valence-corrected chi connectivity index (χ2v) is 5.80. The van der Waals surface area contributed by atoms with E-state index in [0.29, 0.717) is 11.3 Å². The number of H-pyrrole nitrogens is 1. The summed E-state index contributed by atoms with van der Waals surface area (Å²) in [5.74, 6) is -4.10. The lowest BCUT2D eigenvalue weighted by Gasteiger charge is -2.05. The fourth-order valence-corrected chi connectivity index (χ4v) is 2.76. The normalized spacial score (nSPS) is 14.2. The van der Waals surface area contributed by atoms with E-state index in [9.17, 15) is 18.0 Å². The van der Waals surface area contributed by atoms with Crippen LogP contribution in [-0.4, -0.2) is 26.2 Å². The molecule has 3 aromatic rings. The van der Waals surface area contributed by atoms with Crippen molar-refractivity contribution in [1.82, 2.24) is 19.6 Å². The standard InChI is InChI=1S/C16H13F3N4O2/c1-2-25-15-20-14-11(8-5-9(17)12(19)10(18)6-8)13(7-3-4-7)22-23(14)16(24)21-15/h5-7H,2-4H2,1H3,(H,20,21,24). The Kier molecular flexibility index (Phi) is 3.52. The van der Waals surface area contributed by atoms with E-state index in [1.54, 1.807) is 6.92 Å². The van der Waals surface area contributed by atoms with E-state index < -0.39 is 23.1 Å². The topological polar surface area (TPSA) is 72.3 Å². The van der Waals surface area contributed by atoms with E-state index in [1.165, 1.54) is 0 Å². The first kappa shape index (κ1) is 15.7. The molecule has 130 valence electrons. The molecule has 1 aromatic carbocycles. The molecule has 1 fully saturated rings. The highest BCUT2D eigenvalue weighted by Gasteiger charge is 2.32. The average molecular weight is 350 g/mol. The molecule has 6 nitrogen and oxygen atoms in total. The van der Waals surface area contributed by atoms with E-state index in [4.69, 9.17) is 4.74 Å². The van der Waals surface area contributed by atoms with Crippen molar-refractivity contribution in [3.05, 3.63) is 45.8 Å². The van der Waals surface area contributed by atoms with E-state index in [1.807, 2.05) is 0 Å². The summed E-state index contributed by atoms with van der Waals surface area (Å²) in [6, 6.07) is 1.74. The van der Waals surface area contributed by atoms with E-state index >= 15 is 0 Å². The van der Waals surface area contributed by atoms with E-state index in [0.717, 1.165) is 29.5 Å². The molecule has 9 heteroatoms. The van der Waals surface area contributed by atoms with Gasteiger partial charge in [-0.2, -0.15) is 14.6 Å². The smallest absolute Gasteiger partial charge is 0.352 e. The molecule has 0 aliphatic heterocycles. The van der Waals surface area contributed by atoms with Crippen LogP contribution in [0, 0.1) is 17.5 Å². The molecule has 0 unspecified atom stereocenters. The Hall–Kier alpha value is -2.84. The van der Waals surface area contributed by atoms with Crippen LogP contribution >= 0.6 is 0 Å². The molecule has 25 heavy (non-hydrogen) atoms. The molecular formula is C16H13F3N4O2. The highest BCUT2D eigenvalue weighted by atomic mass is 19.2. The molecule has 2 heterocycles. The number of hydrogen-bond donors (Lipinski definition) is 1. The Morgan fingerprint density at radius 3 is 2.56 bits per heavy atom. The number of nitrogens with zero attached hydrogens (tertiary/aromatic N) is 3. The Labute approximate surface area is 139 Å². The van der Waals surface area contributed by atoms with Crippen molar-refractivity contribution in [3.63, 3.8) is 0 Å². The van der Waals surface area contributed by atoms with Crippen LogP contribution in [0.4, 0.5) is 13.2 Å². The molecule has 0 saturated heterocycles. The third kappa shape index (κ3) is 2.55. The van der Waals surface area contributed by atoms with Gasteiger partial charge in [0.2, 0.25) is 0 Å². The van der Waals surface area contributed by atoms with Gasteiger partial charge in [0, 0.05) is 5.92 Å². The van der Waals surface area contributed by atoms with Gasteiger partial charge in [0.15, 0.2) is 23.1 Å². The third-order valence-corrected chi connectivity index (χ3v) is 4.02. The number of aromatic nitrogens is 4. The zero-order valence-electron chi connectivity index (χ0n) is 13.1. The maximum absolute atomic E-state index is 13.7. The van der Waals surface area contributed by atoms with Gasteiger partial charge in [-0.25, -0.2) is 18.0 Å². The summed E-state index contributed by atoms with van der Waals surface area (Å²) < 4.78 is 47.0. The van der Waals surface area contributed by atoms with Gasteiger partial charge < -0.3 is 4.74 Å². The van der Waals surface area contributed by atoms with Gasteiger partial charge in [0.05, 0.1) is 17.9 Å². The molecule has 2 aromatic heterocycles. The van der Waals surface area contributed by atoms with Crippen LogP contribution in [0.5, 0.6) is 6.01 Å². The van der Waals surface area contributed by atoms with Crippen LogP contribution in [0.15, 0.2) is 16.9 Å². The molecule has 0 bridgehead atoms. The van der Waals surface area contributed by atoms with Crippen LogP contribution in [0.3, 0.4) is 0 Å². The number of hydrogen-bond acceptors (Lipinski definition) is 4. The highest BCUT2D eigenvalue weighted by Crippen LogP contribution is 2.45. The van der Waals surface area contributed by atoms with Crippen LogP contribution in [0.25, 0.3) is 16.8 Å². The summed E-state index contributed by atoms with van der Waals surface area (Å²) in [5, 5.41) is 4.25. The van der Waals surface area contributed by atoms with Crippen LogP contribution in [0.2, 0.25) is 0 Å². The number of rotatable bonds is 4. The van der Waals surface area contributed by atoms with Gasteiger partial charge in [-0.15, -0.1) is 0 Å². The van der Waals surface area contributed by atoms with Crippen molar-refractivity contribution in [1.29, 1.82) is 0 Å². The maximum Gasteiger partial charge on any atom is 0.352 e. The Balaban J connectivity index is 2.04.